The maximum Gasteiger partial charge on any atom is 0.165 e. The van der Waals surface area contributed by atoms with Gasteiger partial charge in [0.25, 0.3) is 0 Å². The predicted octanol–water partition coefficient (Wildman–Crippen LogP) is 5.16. The third-order valence-electron chi connectivity index (χ3n) is 5.97. The van der Waals surface area contributed by atoms with E-state index in [2.05, 4.69) is 72.5 Å². The molecule has 5 rings (SSSR count). The van der Waals surface area contributed by atoms with Crippen LogP contribution in [0.5, 0.6) is 0 Å². The van der Waals surface area contributed by atoms with E-state index in [0.717, 1.165) is 47.3 Å². The Morgan fingerprint density at radius 1 is 0.931 bits per heavy atom. The molecule has 29 heavy (non-hydrogen) atoms. The minimum Gasteiger partial charge on any atom is -0.356 e. The molecule has 0 radical (unpaired) electrons. The Morgan fingerprint density at radius 2 is 1.62 bits per heavy atom. The second-order valence-electron chi connectivity index (χ2n) is 8.04. The second kappa shape index (κ2) is 7.70. The van der Waals surface area contributed by atoms with Crippen molar-refractivity contribution in [3.63, 3.8) is 0 Å². The molecule has 1 aliphatic heterocycles. The van der Waals surface area contributed by atoms with Crippen molar-refractivity contribution >= 4 is 11.5 Å². The van der Waals surface area contributed by atoms with E-state index in [1.165, 1.54) is 24.8 Å². The molecule has 0 aliphatic carbocycles. The fourth-order valence-corrected chi connectivity index (χ4v) is 4.42. The molecule has 1 fully saturated rings. The lowest BCUT2D eigenvalue weighted by atomic mass is 9.90. The SMILES string of the molecule is Cc1cc(N2CCC(Cc3ccccc3)CC2)n2ncc(-c3ccccc3)c2n1. The summed E-state index contributed by atoms with van der Waals surface area (Å²) in [5, 5.41) is 4.71. The number of rotatable bonds is 4. The van der Waals surface area contributed by atoms with Crippen molar-refractivity contribution in [1.29, 1.82) is 0 Å². The molecule has 0 unspecified atom stereocenters. The summed E-state index contributed by atoms with van der Waals surface area (Å²) in [5.41, 5.74) is 5.68. The number of hydrogen-bond acceptors (Lipinski definition) is 3. The van der Waals surface area contributed by atoms with E-state index < -0.39 is 0 Å². The molecule has 4 heteroatoms. The highest BCUT2D eigenvalue weighted by Gasteiger charge is 2.23. The maximum absolute atomic E-state index is 4.81. The number of aryl methyl sites for hydroxylation is 1. The van der Waals surface area contributed by atoms with Gasteiger partial charge in [-0.1, -0.05) is 60.7 Å². The van der Waals surface area contributed by atoms with Crippen molar-refractivity contribution in [2.45, 2.75) is 26.2 Å². The summed E-state index contributed by atoms with van der Waals surface area (Å²) in [6.45, 7) is 4.21. The third kappa shape index (κ3) is 3.63. The molecule has 0 N–H and O–H groups in total. The van der Waals surface area contributed by atoms with Gasteiger partial charge in [0.1, 0.15) is 5.82 Å². The highest BCUT2D eigenvalue weighted by Crippen LogP contribution is 2.30. The molecule has 0 saturated carbocycles. The van der Waals surface area contributed by atoms with Gasteiger partial charge in [-0.2, -0.15) is 9.61 Å². The van der Waals surface area contributed by atoms with Gasteiger partial charge < -0.3 is 4.90 Å². The number of aromatic nitrogens is 3. The second-order valence-corrected chi connectivity index (χ2v) is 8.04. The molecule has 0 bridgehead atoms. The van der Waals surface area contributed by atoms with E-state index in [9.17, 15) is 0 Å². The summed E-state index contributed by atoms with van der Waals surface area (Å²) in [6.07, 6.45) is 5.55. The van der Waals surface area contributed by atoms with Gasteiger partial charge >= 0.3 is 0 Å². The first-order chi connectivity index (χ1) is 14.3. The van der Waals surface area contributed by atoms with Gasteiger partial charge in [-0.25, -0.2) is 4.98 Å². The monoisotopic (exact) mass is 382 g/mol. The summed E-state index contributed by atoms with van der Waals surface area (Å²) < 4.78 is 2.02. The Hall–Kier alpha value is -3.14. The molecule has 1 saturated heterocycles. The molecule has 4 nitrogen and oxygen atoms in total. The highest BCUT2D eigenvalue weighted by atomic mass is 15.3. The highest BCUT2D eigenvalue weighted by molar-refractivity contribution is 5.78. The van der Waals surface area contributed by atoms with Crippen LogP contribution in [0.3, 0.4) is 0 Å². The van der Waals surface area contributed by atoms with Crippen LogP contribution in [0.15, 0.2) is 72.9 Å². The minimum atomic E-state index is 0.754. The van der Waals surface area contributed by atoms with Gasteiger partial charge in [0.2, 0.25) is 0 Å². The Labute approximate surface area is 171 Å². The molecule has 2 aromatic heterocycles. The van der Waals surface area contributed by atoms with Gasteiger partial charge in [-0.05, 0) is 43.2 Å². The summed E-state index contributed by atoms with van der Waals surface area (Å²) >= 11 is 0. The fourth-order valence-electron chi connectivity index (χ4n) is 4.42. The van der Waals surface area contributed by atoms with Crippen LogP contribution in [0.1, 0.15) is 24.1 Å². The standard InChI is InChI=1S/C25H26N4/c1-19-16-24(28-14-12-21(13-15-28)17-20-8-4-2-5-9-20)29-25(27-19)23(18-26-29)22-10-6-3-7-11-22/h2-11,16,18,21H,12-15,17H2,1H3. The van der Waals surface area contributed by atoms with Crippen LogP contribution in [0.2, 0.25) is 0 Å². The lowest BCUT2D eigenvalue weighted by Gasteiger charge is -2.33. The molecule has 3 heterocycles. The molecule has 146 valence electrons. The Balaban J connectivity index is 1.39. The molecule has 0 spiro atoms. The largest absolute Gasteiger partial charge is 0.356 e. The van der Waals surface area contributed by atoms with Crippen LogP contribution in [0.25, 0.3) is 16.8 Å². The van der Waals surface area contributed by atoms with Crippen molar-refractivity contribution in [2.75, 3.05) is 18.0 Å². The molecule has 1 aliphatic rings. The number of benzene rings is 2. The fraction of sp³-hybridized carbons (Fsp3) is 0.280. The average molecular weight is 383 g/mol. The quantitative estimate of drug-likeness (QED) is 0.489. The predicted molar refractivity (Wildman–Crippen MR) is 118 cm³/mol. The van der Waals surface area contributed by atoms with E-state index in [1.807, 2.05) is 16.8 Å². The van der Waals surface area contributed by atoms with Crippen LogP contribution in [-0.4, -0.2) is 27.7 Å². The lowest BCUT2D eigenvalue weighted by Crippen LogP contribution is -2.35. The summed E-state index contributed by atoms with van der Waals surface area (Å²) in [7, 11) is 0. The number of hydrogen-bond donors (Lipinski definition) is 0. The number of piperidine rings is 1. The van der Waals surface area contributed by atoms with E-state index in [4.69, 9.17) is 10.1 Å². The minimum absolute atomic E-state index is 0.754. The van der Waals surface area contributed by atoms with Crippen LogP contribution in [-0.2, 0) is 6.42 Å². The smallest absolute Gasteiger partial charge is 0.165 e. The van der Waals surface area contributed by atoms with E-state index in [-0.39, 0.29) is 0 Å². The summed E-state index contributed by atoms with van der Waals surface area (Å²) in [6, 6.07) is 23.5. The zero-order chi connectivity index (χ0) is 19.6. The first-order valence-electron chi connectivity index (χ1n) is 10.5. The number of fused-ring (bicyclic) bond motifs is 1. The Bertz CT molecular complexity index is 1090. The summed E-state index contributed by atoms with van der Waals surface area (Å²) in [4.78, 5) is 7.29. The molecule has 0 atom stereocenters. The maximum atomic E-state index is 4.81. The Kier molecular flexibility index (Phi) is 4.76. The van der Waals surface area contributed by atoms with Crippen LogP contribution >= 0.6 is 0 Å². The van der Waals surface area contributed by atoms with E-state index in [0.29, 0.717) is 0 Å². The third-order valence-corrected chi connectivity index (χ3v) is 5.97. The van der Waals surface area contributed by atoms with Gasteiger partial charge in [0.05, 0.1) is 6.20 Å². The van der Waals surface area contributed by atoms with E-state index >= 15 is 0 Å². The van der Waals surface area contributed by atoms with Crippen molar-refractivity contribution in [3.8, 4) is 11.1 Å². The van der Waals surface area contributed by atoms with Gasteiger partial charge in [-0.3, -0.25) is 0 Å². The topological polar surface area (TPSA) is 33.4 Å². The summed E-state index contributed by atoms with van der Waals surface area (Å²) in [5.74, 6) is 1.91. The zero-order valence-electron chi connectivity index (χ0n) is 16.8. The van der Waals surface area contributed by atoms with Gasteiger partial charge in [0.15, 0.2) is 5.65 Å². The molecule has 2 aromatic carbocycles. The van der Waals surface area contributed by atoms with Crippen LogP contribution in [0, 0.1) is 12.8 Å². The molecule has 4 aromatic rings. The zero-order valence-corrected chi connectivity index (χ0v) is 16.8. The van der Waals surface area contributed by atoms with E-state index in [1.54, 1.807) is 0 Å². The Morgan fingerprint density at radius 3 is 2.34 bits per heavy atom. The first-order valence-corrected chi connectivity index (χ1v) is 10.5. The van der Waals surface area contributed by atoms with Crippen molar-refractivity contribution in [1.82, 2.24) is 14.6 Å². The number of anilines is 1. The molecular formula is C25H26N4. The normalized spacial score (nSPS) is 15.1. The first kappa shape index (κ1) is 17.9. The van der Waals surface area contributed by atoms with Crippen molar-refractivity contribution in [2.24, 2.45) is 5.92 Å². The molecular weight excluding hydrogens is 356 g/mol. The average Bonchev–Trinajstić information content (AvgIpc) is 3.19. The van der Waals surface area contributed by atoms with Crippen molar-refractivity contribution in [3.05, 3.63) is 84.2 Å². The van der Waals surface area contributed by atoms with Gasteiger partial charge in [-0.15, -0.1) is 0 Å². The number of nitrogens with zero attached hydrogens (tertiary/aromatic N) is 4. The lowest BCUT2D eigenvalue weighted by molar-refractivity contribution is 0.401. The van der Waals surface area contributed by atoms with Crippen LogP contribution in [0.4, 0.5) is 5.82 Å². The van der Waals surface area contributed by atoms with Crippen LogP contribution < -0.4 is 4.90 Å². The molecule has 0 amide bonds. The van der Waals surface area contributed by atoms with Crippen molar-refractivity contribution < 1.29 is 0 Å². The van der Waals surface area contributed by atoms with Gasteiger partial charge in [0, 0.05) is 30.4 Å².